The summed E-state index contributed by atoms with van der Waals surface area (Å²) in [6, 6.07) is 43.3. The molecule has 9 heterocycles. The van der Waals surface area contributed by atoms with Gasteiger partial charge in [0.05, 0.1) is 83.6 Å². The Bertz CT molecular complexity index is 5760. The fourth-order valence-electron chi connectivity index (χ4n) is 23.8. The third-order valence-corrected chi connectivity index (χ3v) is 36.4. The number of carbonyl (C=O) groups is 3. The molecule has 26 heteroatoms. The highest BCUT2D eigenvalue weighted by molar-refractivity contribution is 8.23. The molecule has 12 atom stereocenters. The topological polar surface area (TPSA) is 204 Å². The van der Waals surface area contributed by atoms with Crippen LogP contribution >= 0.6 is 71.9 Å². The van der Waals surface area contributed by atoms with E-state index in [1.807, 2.05) is 24.3 Å². The van der Waals surface area contributed by atoms with Crippen LogP contribution in [0.25, 0.3) is 0 Å². The largest absolute Gasteiger partial charge is 0.493 e. The van der Waals surface area contributed by atoms with Gasteiger partial charge in [-0.25, -0.2) is 4.79 Å². The van der Waals surface area contributed by atoms with E-state index in [1.165, 1.54) is 126 Å². The normalized spacial score (nSPS) is 22.4. The van der Waals surface area contributed by atoms with Crippen LogP contribution in [0.3, 0.4) is 0 Å². The number of fused-ring (bicyclic) bond motifs is 12. The number of hydrogen-bond donors (Lipinski definition) is 1. The Hall–Kier alpha value is -8.83. The molecule has 9 aliphatic rings. The van der Waals surface area contributed by atoms with E-state index in [0.717, 1.165) is 195 Å². The molecule has 8 aromatic rings. The van der Waals surface area contributed by atoms with Crippen LogP contribution in [0.5, 0.6) is 34.5 Å². The van der Waals surface area contributed by atoms with Crippen LogP contribution in [0.1, 0.15) is 250 Å². The number of amides is 1. The van der Waals surface area contributed by atoms with Crippen molar-refractivity contribution in [3.8, 4) is 34.5 Å². The minimum absolute atomic E-state index is 0.0764. The van der Waals surface area contributed by atoms with Gasteiger partial charge in [-0.1, -0.05) is 173 Å². The number of benzene rings is 8. The van der Waals surface area contributed by atoms with Gasteiger partial charge in [0.1, 0.15) is 18.7 Å². The molecule has 138 heavy (non-hydrogen) atoms. The van der Waals surface area contributed by atoms with Gasteiger partial charge in [-0.3, -0.25) is 34.4 Å². The molecule has 0 aliphatic carbocycles. The lowest BCUT2D eigenvalue weighted by Crippen LogP contribution is -2.47. The van der Waals surface area contributed by atoms with Gasteiger partial charge in [0.25, 0.3) is 5.69 Å². The fraction of sp³-hybridized carbons (Fsp3) is 0.518. The molecule has 0 spiro atoms. The highest BCUT2D eigenvalue weighted by Gasteiger charge is 2.47. The molecule has 1 amide bonds. The monoisotopic (exact) mass is 1980 g/mol. The Morgan fingerprint density at radius 1 is 0.413 bits per heavy atom. The molecular weight excluding hydrogens is 1840 g/mol. The molecule has 0 saturated carbocycles. The number of thioether (sulfide) groups is 3. The molecule has 3 fully saturated rings. The summed E-state index contributed by atoms with van der Waals surface area (Å²) in [4.78, 5) is 63.0. The number of piperidine rings is 3. The number of nitrogens with zero attached hydrogens (tertiary/aromatic N) is 7. The number of ether oxygens (including phenoxy) is 7. The SMILES string of the molecule is CCC1CN2CCc3cc(C)c(C)cc3C2CC1CC1c2cc(OC)c(OC)cc2CCN1C(=S)SCCC(N)=O.CCC1CN2CCc3cc(C)c(C)cc3C2CC1CC1c2cc(OC)c(OC)cc2CCN1C(=S)SCc1ccc([N+](=O)[O-])cc1.CCOC(=O)c1ccc(CC(=O)CSC(=S)N2CCc3cc(OC)c(OC)cc3C2CC2CC3c4cc(C)c(C)cc4CCN3CC2CC)cc1. The van der Waals surface area contributed by atoms with Gasteiger partial charge in [-0.2, -0.15) is 0 Å². The van der Waals surface area contributed by atoms with E-state index in [9.17, 15) is 24.5 Å². The quantitative estimate of drug-likeness (QED) is 0.0220. The highest BCUT2D eigenvalue weighted by Crippen LogP contribution is 2.54. The second-order valence-electron chi connectivity index (χ2n) is 39.5. The zero-order valence-electron chi connectivity index (χ0n) is 83.7. The lowest BCUT2D eigenvalue weighted by Gasteiger charge is -2.49. The van der Waals surface area contributed by atoms with Gasteiger partial charge in [0, 0.05) is 114 Å². The molecule has 0 bridgehead atoms. The molecule has 20 nitrogen and oxygen atoms in total. The Kier molecular flexibility index (Phi) is 35.2. The maximum atomic E-state index is 13.2. The average Bonchev–Trinajstić information content (AvgIpc) is 0.759. The van der Waals surface area contributed by atoms with Crippen LogP contribution in [0.2, 0.25) is 0 Å². The third kappa shape index (κ3) is 23.4. The van der Waals surface area contributed by atoms with Crippen molar-refractivity contribution in [3.63, 3.8) is 0 Å². The highest BCUT2D eigenvalue weighted by atomic mass is 32.2. The summed E-state index contributed by atoms with van der Waals surface area (Å²) in [5, 5.41) is 11.1. The summed E-state index contributed by atoms with van der Waals surface area (Å²) >= 11 is 23.0. The minimum atomic E-state index is -0.358. The number of hydrogen-bond acceptors (Lipinski definition) is 21. The summed E-state index contributed by atoms with van der Waals surface area (Å²) in [5.41, 5.74) is 33.2. The molecule has 738 valence electrons. The van der Waals surface area contributed by atoms with Crippen LogP contribution in [-0.4, -0.2) is 185 Å². The lowest BCUT2D eigenvalue weighted by molar-refractivity contribution is -0.384. The Morgan fingerprint density at radius 2 is 0.739 bits per heavy atom. The summed E-state index contributed by atoms with van der Waals surface area (Å²) in [6.07, 6.45) is 16.7. The molecule has 0 aromatic heterocycles. The van der Waals surface area contributed by atoms with E-state index >= 15 is 0 Å². The minimum Gasteiger partial charge on any atom is -0.493 e. The third-order valence-electron chi connectivity index (χ3n) is 31.8. The number of esters is 1. The second-order valence-corrected chi connectivity index (χ2v) is 44.4. The number of nitrogens with two attached hydrogens (primary N) is 1. The van der Waals surface area contributed by atoms with Crippen LogP contribution < -0.4 is 34.2 Å². The van der Waals surface area contributed by atoms with E-state index in [1.54, 1.807) is 103 Å². The molecule has 3 saturated heterocycles. The van der Waals surface area contributed by atoms with E-state index in [4.69, 9.17) is 75.5 Å². The van der Waals surface area contributed by atoms with Gasteiger partial charge in [-0.15, -0.1) is 0 Å². The number of thiocarbonyl (C=S) groups is 3. The number of ketones is 1. The lowest BCUT2D eigenvalue weighted by atomic mass is 9.72. The van der Waals surface area contributed by atoms with Crippen molar-refractivity contribution in [2.45, 2.75) is 220 Å². The van der Waals surface area contributed by atoms with Crippen molar-refractivity contribution < 1.29 is 52.5 Å². The van der Waals surface area contributed by atoms with Gasteiger partial charge in [-0.05, 0) is 321 Å². The summed E-state index contributed by atoms with van der Waals surface area (Å²) in [7, 11) is 10.2. The van der Waals surface area contributed by atoms with Crippen molar-refractivity contribution in [2.24, 2.45) is 41.2 Å². The van der Waals surface area contributed by atoms with E-state index in [2.05, 4.69) is 165 Å². The molecule has 17 rings (SSSR count). The number of rotatable bonds is 27. The number of nitro benzene ring substituents is 1. The molecule has 9 aliphatic heterocycles. The van der Waals surface area contributed by atoms with Crippen molar-refractivity contribution in [2.75, 3.05) is 120 Å². The van der Waals surface area contributed by atoms with Crippen molar-refractivity contribution >= 4 is 108 Å². The van der Waals surface area contributed by atoms with Crippen molar-refractivity contribution in [1.29, 1.82) is 0 Å². The van der Waals surface area contributed by atoms with E-state index in [-0.39, 0.29) is 46.4 Å². The van der Waals surface area contributed by atoms with Crippen molar-refractivity contribution in [3.05, 3.63) is 248 Å². The first kappa shape index (κ1) is 104. The van der Waals surface area contributed by atoms with Gasteiger partial charge >= 0.3 is 5.97 Å². The number of Topliss-reactive ketones (excluding diaryl/α,β-unsaturated/α-hetero) is 1. The number of primary amides is 1. The molecule has 2 N–H and O–H groups in total. The number of nitro groups is 1. The predicted octanol–water partition coefficient (Wildman–Crippen LogP) is 22.8. The first-order valence-electron chi connectivity index (χ1n) is 49.9. The molecule has 12 unspecified atom stereocenters. The van der Waals surface area contributed by atoms with Crippen LogP contribution in [0, 0.1) is 87.2 Å². The smallest absolute Gasteiger partial charge is 0.338 e. The maximum absolute atomic E-state index is 13.2. The molecular formula is C112H142N8O12S6. The fourth-order valence-corrected chi connectivity index (χ4v) is 27.5. The standard InChI is InChI=1S/C42H52N2O5S2.C37H45N3O4S2.C33H45N3O3S2/c1-7-29-24-43-15-13-31-17-26(3)27(4)18-35(31)37(43)20-33(29)21-38-36-23-40(48-6)39(47-5)22-32(36)14-16-44(38)42(50)51-25-34(45)19-28-9-11-30(12-10-28)41(46)49-8-2;1-6-26-21-38-13-11-27-15-23(2)24(3)16-31(27)33(38)17-29(26)18-34-32-20-36(44-5)35(43-4)19-28(32)12-14-39(34)37(45)46-22-25-7-9-30(10-8-25)40(41)42;1-6-22-19-35-10-7-23-13-20(2)21(3)14-26(23)28(35)15-25(22)16-29-27-18-31(39-5)30(38-4)17-24(27)8-11-36(29)33(40)41-12-9-32(34)37/h9-12,17-18,22-23,29,33,37-38H,7-8,13-16,19-21,24-25H2,1-6H3;7-10,15-16,19-20,26,29,33-34H,6,11-14,17-18,21-22H2,1-5H3;13-14,17-18,22,25,28-29H,6-12,15-16,19H2,1-5H3,(H2,34,37). The zero-order chi connectivity index (χ0) is 98.0. The first-order valence-corrected chi connectivity index (χ1v) is 54.1. The number of non-ortho nitro benzene ring substituents is 1. The maximum Gasteiger partial charge on any atom is 0.338 e. The van der Waals surface area contributed by atoms with Gasteiger partial charge in [0.15, 0.2) is 34.5 Å². The van der Waals surface area contributed by atoms with Crippen LogP contribution in [-0.2, 0) is 65.0 Å². The first-order chi connectivity index (χ1) is 66.6. The summed E-state index contributed by atoms with van der Waals surface area (Å²) in [6.45, 7) is 32.0. The van der Waals surface area contributed by atoms with Crippen LogP contribution in [0.4, 0.5) is 5.69 Å². The van der Waals surface area contributed by atoms with Crippen molar-refractivity contribution in [1.82, 2.24) is 29.4 Å². The summed E-state index contributed by atoms with van der Waals surface area (Å²) < 4.78 is 42.1. The average molecular weight is 1980 g/mol. The van der Waals surface area contributed by atoms with E-state index in [0.29, 0.717) is 95.9 Å². The van der Waals surface area contributed by atoms with Gasteiger partial charge in [0.2, 0.25) is 5.91 Å². The number of aryl methyl sites for hydroxylation is 6. The summed E-state index contributed by atoms with van der Waals surface area (Å²) in [5.74, 6) is 9.11. The van der Waals surface area contributed by atoms with E-state index < -0.39 is 0 Å². The molecule has 0 radical (unpaired) electrons. The second kappa shape index (κ2) is 46.9. The Morgan fingerprint density at radius 3 is 1.08 bits per heavy atom. The Balaban J connectivity index is 0.000000158. The predicted molar refractivity (Wildman–Crippen MR) is 571 cm³/mol. The Labute approximate surface area is 847 Å². The van der Waals surface area contributed by atoms with Crippen LogP contribution in [0.15, 0.2) is 121 Å². The molecule has 8 aromatic carbocycles. The number of methoxy groups -OCH3 is 6. The number of carbonyl (C=O) groups excluding carboxylic acids is 3. The zero-order valence-corrected chi connectivity index (χ0v) is 88.6. The van der Waals surface area contributed by atoms with Gasteiger partial charge < -0.3 is 53.6 Å².